The minimum Gasteiger partial charge on any atom is -0.493 e. The minimum absolute atomic E-state index is 0.0796. The Morgan fingerprint density at radius 2 is 1.63 bits per heavy atom. The first-order chi connectivity index (χ1) is 12.6. The quantitative estimate of drug-likeness (QED) is 0.529. The highest BCUT2D eigenvalue weighted by Crippen LogP contribution is 2.31. The Morgan fingerprint density at radius 3 is 2.19 bits per heavy atom. The van der Waals surface area contributed by atoms with E-state index in [9.17, 15) is 18.5 Å². The number of nitrogens with zero attached hydrogens (tertiary/aromatic N) is 2. The van der Waals surface area contributed by atoms with Crippen molar-refractivity contribution in [3.8, 4) is 11.5 Å². The minimum atomic E-state index is -3.91. The number of aryl methyl sites for hydroxylation is 2. The molecular weight excluding hydrogens is 372 g/mol. The van der Waals surface area contributed by atoms with Crippen LogP contribution in [0, 0.1) is 24.0 Å². The van der Waals surface area contributed by atoms with Crippen LogP contribution in [0.25, 0.3) is 0 Å². The molecule has 0 saturated heterocycles. The van der Waals surface area contributed by atoms with Gasteiger partial charge in [0.25, 0.3) is 5.69 Å². The second-order valence-electron chi connectivity index (χ2n) is 6.10. The lowest BCUT2D eigenvalue weighted by Gasteiger charge is -2.20. The maximum atomic E-state index is 12.9. The number of rotatable bonds is 7. The van der Waals surface area contributed by atoms with Gasteiger partial charge in [-0.05, 0) is 43.2 Å². The van der Waals surface area contributed by atoms with Crippen molar-refractivity contribution in [2.75, 3.05) is 21.3 Å². The van der Waals surface area contributed by atoms with Crippen LogP contribution >= 0.6 is 0 Å². The van der Waals surface area contributed by atoms with Crippen LogP contribution in [0.3, 0.4) is 0 Å². The van der Waals surface area contributed by atoms with Gasteiger partial charge in [0.1, 0.15) is 0 Å². The first-order valence-corrected chi connectivity index (χ1v) is 9.48. The van der Waals surface area contributed by atoms with Crippen molar-refractivity contribution in [3.63, 3.8) is 0 Å². The molecule has 27 heavy (non-hydrogen) atoms. The van der Waals surface area contributed by atoms with Gasteiger partial charge < -0.3 is 9.47 Å². The average Bonchev–Trinajstić information content (AvgIpc) is 2.62. The van der Waals surface area contributed by atoms with E-state index >= 15 is 0 Å². The molecule has 2 aromatic carbocycles. The molecule has 0 amide bonds. The summed E-state index contributed by atoms with van der Waals surface area (Å²) in [5, 5.41) is 11.1. The molecule has 0 bridgehead atoms. The van der Waals surface area contributed by atoms with E-state index in [0.29, 0.717) is 17.1 Å². The molecule has 0 radical (unpaired) electrons. The zero-order valence-corrected chi connectivity index (χ0v) is 16.7. The maximum absolute atomic E-state index is 12.9. The zero-order chi connectivity index (χ0) is 20.4. The van der Waals surface area contributed by atoms with Crippen molar-refractivity contribution < 1.29 is 22.8 Å². The van der Waals surface area contributed by atoms with Crippen LogP contribution in [0.2, 0.25) is 0 Å². The Balaban J connectivity index is 2.39. The number of ether oxygens (including phenoxy) is 2. The smallest absolute Gasteiger partial charge is 0.273 e. The first kappa shape index (κ1) is 20.7. The van der Waals surface area contributed by atoms with Gasteiger partial charge in [0, 0.05) is 25.2 Å². The normalized spacial score (nSPS) is 11.5. The summed E-state index contributed by atoms with van der Waals surface area (Å²) in [4.78, 5) is 10.4. The van der Waals surface area contributed by atoms with E-state index in [1.54, 1.807) is 19.1 Å². The predicted molar refractivity (Wildman–Crippen MR) is 101 cm³/mol. The summed E-state index contributed by atoms with van der Waals surface area (Å²) in [6, 6.07) is 7.38. The molecule has 9 heteroatoms. The topological polar surface area (TPSA) is 99.0 Å². The Hall–Kier alpha value is -2.65. The Kier molecular flexibility index (Phi) is 6.07. The van der Waals surface area contributed by atoms with E-state index in [0.717, 1.165) is 21.5 Å². The molecule has 146 valence electrons. The lowest BCUT2D eigenvalue weighted by molar-refractivity contribution is -0.385. The van der Waals surface area contributed by atoms with Crippen molar-refractivity contribution in [2.45, 2.75) is 25.3 Å². The van der Waals surface area contributed by atoms with Gasteiger partial charge in [0.15, 0.2) is 11.5 Å². The van der Waals surface area contributed by atoms with Crippen LogP contribution in [0.15, 0.2) is 35.2 Å². The van der Waals surface area contributed by atoms with E-state index in [1.165, 1.54) is 33.4 Å². The number of nitro groups is 1. The molecule has 0 saturated carbocycles. The fraction of sp³-hybridized carbons (Fsp3) is 0.333. The molecule has 0 spiro atoms. The van der Waals surface area contributed by atoms with Gasteiger partial charge in [0.2, 0.25) is 10.0 Å². The third-order valence-corrected chi connectivity index (χ3v) is 6.12. The number of methoxy groups -OCH3 is 2. The molecule has 0 aliphatic heterocycles. The van der Waals surface area contributed by atoms with Crippen LogP contribution < -0.4 is 9.47 Å². The molecule has 0 aromatic heterocycles. The molecule has 2 aromatic rings. The van der Waals surface area contributed by atoms with Gasteiger partial charge in [0.05, 0.1) is 24.0 Å². The summed E-state index contributed by atoms with van der Waals surface area (Å²) in [5.74, 6) is 1.05. The van der Waals surface area contributed by atoms with E-state index in [1.807, 2.05) is 6.92 Å². The van der Waals surface area contributed by atoms with Gasteiger partial charge in [-0.3, -0.25) is 10.1 Å². The van der Waals surface area contributed by atoms with Crippen molar-refractivity contribution >= 4 is 15.7 Å². The zero-order valence-electron chi connectivity index (χ0n) is 15.8. The average molecular weight is 394 g/mol. The lowest BCUT2D eigenvalue weighted by atomic mass is 10.1. The van der Waals surface area contributed by atoms with Crippen LogP contribution in [-0.4, -0.2) is 38.9 Å². The highest BCUT2D eigenvalue weighted by Gasteiger charge is 2.25. The van der Waals surface area contributed by atoms with Crippen LogP contribution in [0.4, 0.5) is 5.69 Å². The van der Waals surface area contributed by atoms with E-state index in [4.69, 9.17) is 9.47 Å². The molecule has 2 rings (SSSR count). The van der Waals surface area contributed by atoms with E-state index in [2.05, 4.69) is 0 Å². The molecule has 0 aliphatic rings. The van der Waals surface area contributed by atoms with Crippen molar-refractivity contribution in [2.24, 2.45) is 0 Å². The first-order valence-electron chi connectivity index (χ1n) is 8.04. The predicted octanol–water partition coefficient (Wildman–Crippen LogP) is 3.05. The molecule has 0 N–H and O–H groups in total. The summed E-state index contributed by atoms with van der Waals surface area (Å²) < 4.78 is 37.4. The van der Waals surface area contributed by atoms with Crippen LogP contribution in [-0.2, 0) is 16.6 Å². The summed E-state index contributed by atoms with van der Waals surface area (Å²) in [7, 11) is 0.551. The van der Waals surface area contributed by atoms with Gasteiger partial charge in [-0.2, -0.15) is 4.31 Å². The summed E-state index contributed by atoms with van der Waals surface area (Å²) >= 11 is 0. The number of sulfonamides is 1. The van der Waals surface area contributed by atoms with Crippen LogP contribution in [0.5, 0.6) is 11.5 Å². The molecule has 8 nitrogen and oxygen atoms in total. The maximum Gasteiger partial charge on any atom is 0.273 e. The largest absolute Gasteiger partial charge is 0.493 e. The molecular formula is C18H22N2O6S. The number of nitro benzene ring substituents is 1. The summed E-state index contributed by atoms with van der Waals surface area (Å²) in [6.07, 6.45) is 0. The van der Waals surface area contributed by atoms with E-state index < -0.39 is 14.9 Å². The van der Waals surface area contributed by atoms with Gasteiger partial charge in [-0.15, -0.1) is 0 Å². The summed E-state index contributed by atoms with van der Waals surface area (Å²) in [5.41, 5.74) is 1.74. The second kappa shape index (κ2) is 7.93. The molecule has 0 atom stereocenters. The SMILES string of the molecule is COc1cc(C)c(CN(C)S(=O)(=O)c2ccc(C)c([N+](=O)[O-])c2)cc1OC. The monoisotopic (exact) mass is 394 g/mol. The fourth-order valence-corrected chi connectivity index (χ4v) is 3.81. The Morgan fingerprint density at radius 1 is 1.04 bits per heavy atom. The molecule has 0 aliphatic carbocycles. The van der Waals surface area contributed by atoms with Crippen molar-refractivity contribution in [1.82, 2.24) is 4.31 Å². The third-order valence-electron chi connectivity index (χ3n) is 4.32. The molecule has 0 heterocycles. The van der Waals surface area contributed by atoms with Crippen LogP contribution in [0.1, 0.15) is 16.7 Å². The summed E-state index contributed by atoms with van der Waals surface area (Å²) in [6.45, 7) is 3.48. The highest BCUT2D eigenvalue weighted by atomic mass is 32.2. The fourth-order valence-electron chi connectivity index (χ4n) is 2.64. The number of benzene rings is 2. The highest BCUT2D eigenvalue weighted by molar-refractivity contribution is 7.89. The number of hydrogen-bond acceptors (Lipinski definition) is 6. The van der Waals surface area contributed by atoms with Crippen molar-refractivity contribution in [1.29, 1.82) is 0 Å². The Bertz CT molecular complexity index is 972. The number of hydrogen-bond donors (Lipinski definition) is 0. The Labute approximate surface area is 158 Å². The van der Waals surface area contributed by atoms with E-state index in [-0.39, 0.29) is 17.1 Å². The van der Waals surface area contributed by atoms with Gasteiger partial charge >= 0.3 is 0 Å². The molecule has 0 fully saturated rings. The lowest BCUT2D eigenvalue weighted by Crippen LogP contribution is -2.27. The third kappa shape index (κ3) is 4.20. The molecule has 0 unspecified atom stereocenters. The van der Waals surface area contributed by atoms with Gasteiger partial charge in [-0.25, -0.2) is 8.42 Å². The van der Waals surface area contributed by atoms with Crippen molar-refractivity contribution in [3.05, 3.63) is 57.1 Å². The van der Waals surface area contributed by atoms with Gasteiger partial charge in [-0.1, -0.05) is 6.07 Å². The standard InChI is InChI=1S/C18H22N2O6S/c1-12-6-7-15(10-16(12)20(21)22)27(23,24)19(3)11-14-9-18(26-5)17(25-4)8-13(14)2/h6-10H,11H2,1-5H3. The second-order valence-corrected chi connectivity index (χ2v) is 8.15.